The molecule has 2 aliphatic rings. The third-order valence-corrected chi connectivity index (χ3v) is 4.63. The van der Waals surface area contributed by atoms with Crippen LogP contribution in [-0.2, 0) is 4.79 Å². The summed E-state index contributed by atoms with van der Waals surface area (Å²) in [5, 5.41) is 9.52. The highest BCUT2D eigenvalue weighted by atomic mass is 16.4. The molecule has 0 amide bonds. The van der Waals surface area contributed by atoms with E-state index in [2.05, 4.69) is 11.9 Å². The van der Waals surface area contributed by atoms with Gasteiger partial charge in [0, 0.05) is 13.1 Å². The Balaban J connectivity index is 1.89. The first-order valence-electron chi connectivity index (χ1n) is 7.04. The van der Waals surface area contributed by atoms with Crippen molar-refractivity contribution in [1.82, 2.24) is 4.90 Å². The van der Waals surface area contributed by atoms with E-state index in [1.165, 1.54) is 25.7 Å². The van der Waals surface area contributed by atoms with Crippen molar-refractivity contribution in [2.75, 3.05) is 20.1 Å². The molecule has 0 radical (unpaired) electrons. The number of carboxylic acids is 1. The van der Waals surface area contributed by atoms with Gasteiger partial charge in [-0.05, 0) is 38.6 Å². The standard InChI is InChI=1S/C14H25NO2/c1-15(10-12-6-5-7-12)11-14(13(16)17)8-3-2-4-9-14/h12H,2-11H2,1H3,(H,16,17). The monoisotopic (exact) mass is 239 g/mol. The van der Waals surface area contributed by atoms with Crippen LogP contribution in [0.2, 0.25) is 0 Å². The van der Waals surface area contributed by atoms with Crippen molar-refractivity contribution in [3.63, 3.8) is 0 Å². The molecule has 0 aromatic heterocycles. The molecule has 0 spiro atoms. The van der Waals surface area contributed by atoms with Crippen LogP contribution in [-0.4, -0.2) is 36.1 Å². The molecule has 1 N–H and O–H groups in total. The summed E-state index contributed by atoms with van der Waals surface area (Å²) in [7, 11) is 2.09. The van der Waals surface area contributed by atoms with Crippen molar-refractivity contribution in [3.05, 3.63) is 0 Å². The van der Waals surface area contributed by atoms with Crippen LogP contribution in [0.5, 0.6) is 0 Å². The van der Waals surface area contributed by atoms with Gasteiger partial charge in [-0.3, -0.25) is 4.79 Å². The Morgan fingerprint density at radius 1 is 1.24 bits per heavy atom. The molecule has 0 aromatic carbocycles. The van der Waals surface area contributed by atoms with Gasteiger partial charge in [0.15, 0.2) is 0 Å². The highest BCUT2D eigenvalue weighted by Crippen LogP contribution is 2.38. The molecule has 0 aromatic rings. The molecular weight excluding hydrogens is 214 g/mol. The molecule has 2 saturated carbocycles. The largest absolute Gasteiger partial charge is 0.481 e. The van der Waals surface area contributed by atoms with Crippen LogP contribution in [0, 0.1) is 11.3 Å². The van der Waals surface area contributed by atoms with Crippen molar-refractivity contribution in [2.45, 2.75) is 51.4 Å². The van der Waals surface area contributed by atoms with Gasteiger partial charge in [0.2, 0.25) is 0 Å². The van der Waals surface area contributed by atoms with E-state index in [1.54, 1.807) is 0 Å². The van der Waals surface area contributed by atoms with Crippen molar-refractivity contribution < 1.29 is 9.90 Å². The Labute approximate surface area is 104 Å². The highest BCUT2D eigenvalue weighted by molar-refractivity contribution is 5.75. The fraction of sp³-hybridized carbons (Fsp3) is 0.929. The van der Waals surface area contributed by atoms with Crippen LogP contribution in [0.3, 0.4) is 0 Å². The lowest BCUT2D eigenvalue weighted by Gasteiger charge is -2.38. The molecule has 3 heteroatoms. The summed E-state index contributed by atoms with van der Waals surface area (Å²) in [5.41, 5.74) is -0.448. The molecule has 0 unspecified atom stereocenters. The zero-order chi connectivity index (χ0) is 12.3. The zero-order valence-corrected chi connectivity index (χ0v) is 11.0. The molecule has 98 valence electrons. The Morgan fingerprint density at radius 3 is 2.35 bits per heavy atom. The van der Waals surface area contributed by atoms with E-state index in [0.29, 0.717) is 0 Å². The number of carbonyl (C=O) groups is 1. The average molecular weight is 239 g/mol. The van der Waals surface area contributed by atoms with Crippen molar-refractivity contribution in [1.29, 1.82) is 0 Å². The summed E-state index contributed by atoms with van der Waals surface area (Å²) in [5.74, 6) is 0.257. The molecule has 2 rings (SSSR count). The van der Waals surface area contributed by atoms with Gasteiger partial charge in [0.1, 0.15) is 0 Å². The summed E-state index contributed by atoms with van der Waals surface area (Å²) in [6.07, 6.45) is 9.17. The van der Waals surface area contributed by atoms with E-state index in [1.807, 2.05) is 0 Å². The summed E-state index contributed by atoms with van der Waals surface area (Å²) in [6.45, 7) is 1.84. The first kappa shape index (κ1) is 12.9. The van der Waals surface area contributed by atoms with Crippen LogP contribution in [0.15, 0.2) is 0 Å². The molecule has 0 aliphatic heterocycles. The summed E-state index contributed by atoms with van der Waals surface area (Å²) >= 11 is 0. The second-order valence-electron chi connectivity index (χ2n) is 6.14. The van der Waals surface area contributed by atoms with Crippen LogP contribution in [0.4, 0.5) is 0 Å². The Hall–Kier alpha value is -0.570. The summed E-state index contributed by atoms with van der Waals surface area (Å²) in [4.78, 5) is 13.8. The lowest BCUT2D eigenvalue weighted by atomic mass is 9.73. The SMILES string of the molecule is CN(CC1CCC1)CC1(C(=O)O)CCCCC1. The van der Waals surface area contributed by atoms with Gasteiger partial charge in [0.25, 0.3) is 0 Å². The number of rotatable bonds is 5. The molecular formula is C14H25NO2. The van der Waals surface area contributed by atoms with Crippen molar-refractivity contribution in [2.24, 2.45) is 11.3 Å². The van der Waals surface area contributed by atoms with Crippen LogP contribution in [0.25, 0.3) is 0 Å². The van der Waals surface area contributed by atoms with Crippen molar-refractivity contribution in [3.8, 4) is 0 Å². The molecule has 0 heterocycles. The molecule has 0 bridgehead atoms. The molecule has 3 nitrogen and oxygen atoms in total. The summed E-state index contributed by atoms with van der Waals surface area (Å²) in [6, 6.07) is 0. The van der Waals surface area contributed by atoms with Crippen LogP contribution in [0.1, 0.15) is 51.4 Å². The minimum Gasteiger partial charge on any atom is -0.481 e. The molecule has 0 atom stereocenters. The van der Waals surface area contributed by atoms with E-state index < -0.39 is 11.4 Å². The molecule has 2 aliphatic carbocycles. The van der Waals surface area contributed by atoms with Crippen LogP contribution >= 0.6 is 0 Å². The highest BCUT2D eigenvalue weighted by Gasteiger charge is 2.40. The normalized spacial score (nSPS) is 24.6. The van der Waals surface area contributed by atoms with E-state index in [4.69, 9.17) is 0 Å². The third kappa shape index (κ3) is 3.01. The Morgan fingerprint density at radius 2 is 1.88 bits per heavy atom. The van der Waals surface area contributed by atoms with E-state index in [-0.39, 0.29) is 0 Å². The zero-order valence-electron chi connectivity index (χ0n) is 11.0. The Bertz CT molecular complexity index is 267. The van der Waals surface area contributed by atoms with Gasteiger partial charge in [-0.15, -0.1) is 0 Å². The van der Waals surface area contributed by atoms with Gasteiger partial charge >= 0.3 is 5.97 Å². The van der Waals surface area contributed by atoms with Crippen LogP contribution < -0.4 is 0 Å². The molecule has 17 heavy (non-hydrogen) atoms. The fourth-order valence-corrected chi connectivity index (χ4v) is 3.37. The maximum Gasteiger partial charge on any atom is 0.310 e. The smallest absolute Gasteiger partial charge is 0.310 e. The first-order valence-corrected chi connectivity index (χ1v) is 7.04. The van der Waals surface area contributed by atoms with Gasteiger partial charge < -0.3 is 10.0 Å². The van der Waals surface area contributed by atoms with Crippen molar-refractivity contribution >= 4 is 5.97 Å². The maximum absolute atomic E-state index is 11.6. The number of carboxylic acid groups (broad SMARTS) is 1. The average Bonchev–Trinajstić information content (AvgIpc) is 2.25. The topological polar surface area (TPSA) is 40.5 Å². The molecule has 2 fully saturated rings. The minimum absolute atomic E-state index is 0.448. The van der Waals surface area contributed by atoms with Gasteiger partial charge in [-0.25, -0.2) is 0 Å². The third-order valence-electron chi connectivity index (χ3n) is 4.63. The predicted molar refractivity (Wildman–Crippen MR) is 68.0 cm³/mol. The quantitative estimate of drug-likeness (QED) is 0.802. The lowest BCUT2D eigenvalue weighted by molar-refractivity contribution is -0.152. The van der Waals surface area contributed by atoms with Gasteiger partial charge in [-0.1, -0.05) is 25.7 Å². The maximum atomic E-state index is 11.6. The van der Waals surface area contributed by atoms with E-state index >= 15 is 0 Å². The second kappa shape index (κ2) is 5.38. The fourth-order valence-electron chi connectivity index (χ4n) is 3.37. The van der Waals surface area contributed by atoms with E-state index in [9.17, 15) is 9.90 Å². The number of aliphatic carboxylic acids is 1. The lowest BCUT2D eigenvalue weighted by Crippen LogP contribution is -2.45. The minimum atomic E-state index is -0.572. The van der Waals surface area contributed by atoms with Gasteiger partial charge in [-0.2, -0.15) is 0 Å². The Kier molecular flexibility index (Phi) is 4.08. The predicted octanol–water partition coefficient (Wildman–Crippen LogP) is 2.75. The molecule has 0 saturated heterocycles. The van der Waals surface area contributed by atoms with Gasteiger partial charge in [0.05, 0.1) is 5.41 Å². The second-order valence-corrected chi connectivity index (χ2v) is 6.14. The number of hydrogen-bond donors (Lipinski definition) is 1. The number of nitrogens with zero attached hydrogens (tertiary/aromatic N) is 1. The summed E-state index contributed by atoms with van der Waals surface area (Å²) < 4.78 is 0. The van der Waals surface area contributed by atoms with E-state index in [0.717, 1.165) is 44.7 Å². The first-order chi connectivity index (χ1) is 8.12. The number of hydrogen-bond acceptors (Lipinski definition) is 2.